The van der Waals surface area contributed by atoms with Gasteiger partial charge in [0.15, 0.2) is 0 Å². The van der Waals surface area contributed by atoms with Gasteiger partial charge in [0.05, 0.1) is 26.0 Å². The summed E-state index contributed by atoms with van der Waals surface area (Å²) in [6, 6.07) is 11.1. The smallest absolute Gasteiger partial charge is 0.273 e. The number of carbonyl (C=O) groups excluding carboxylic acids is 1. The molecule has 8 heteroatoms. The number of nitrogens with zero attached hydrogens (tertiary/aromatic N) is 2. The van der Waals surface area contributed by atoms with Crippen LogP contribution in [0.25, 0.3) is 11.3 Å². The lowest BCUT2D eigenvalue weighted by molar-refractivity contribution is 0.0721. The summed E-state index contributed by atoms with van der Waals surface area (Å²) in [7, 11) is 4.82. The molecule has 0 fully saturated rings. The van der Waals surface area contributed by atoms with Crippen molar-refractivity contribution in [1.82, 2.24) is 15.1 Å². The highest BCUT2D eigenvalue weighted by atomic mass is 19.1. The van der Waals surface area contributed by atoms with E-state index in [0.29, 0.717) is 42.5 Å². The maximum Gasteiger partial charge on any atom is 0.273 e. The number of hydrogen-bond acceptors (Lipinski definition) is 5. The van der Waals surface area contributed by atoms with Gasteiger partial charge in [-0.15, -0.1) is 0 Å². The molecule has 1 N–H and O–H groups in total. The van der Waals surface area contributed by atoms with Gasteiger partial charge in [-0.05, 0) is 48.9 Å². The second kappa shape index (κ2) is 8.77. The highest BCUT2D eigenvalue weighted by Crippen LogP contribution is 2.46. The van der Waals surface area contributed by atoms with Gasteiger partial charge < -0.3 is 19.1 Å². The molecule has 0 saturated carbocycles. The first-order valence-electron chi connectivity index (χ1n) is 9.95. The monoisotopic (exact) mass is 425 g/mol. The molecule has 0 saturated heterocycles. The first-order valence-corrected chi connectivity index (χ1v) is 9.95. The molecule has 1 amide bonds. The van der Waals surface area contributed by atoms with Gasteiger partial charge in [-0.25, -0.2) is 4.39 Å². The van der Waals surface area contributed by atoms with Gasteiger partial charge in [-0.1, -0.05) is 0 Å². The van der Waals surface area contributed by atoms with E-state index in [-0.39, 0.29) is 11.7 Å². The highest BCUT2D eigenvalue weighted by molar-refractivity contribution is 6.00. The van der Waals surface area contributed by atoms with Crippen molar-refractivity contribution in [3.63, 3.8) is 0 Å². The minimum Gasteiger partial charge on any atom is -0.497 e. The van der Waals surface area contributed by atoms with Gasteiger partial charge in [-0.2, -0.15) is 5.10 Å². The molecule has 0 spiro atoms. The summed E-state index contributed by atoms with van der Waals surface area (Å²) in [5, 5.41) is 7.30. The molecule has 162 valence electrons. The number of carbonyl (C=O) groups is 1. The van der Waals surface area contributed by atoms with Crippen LogP contribution in [0.5, 0.6) is 11.5 Å². The van der Waals surface area contributed by atoms with Gasteiger partial charge in [0.1, 0.15) is 23.0 Å². The molecule has 31 heavy (non-hydrogen) atoms. The van der Waals surface area contributed by atoms with E-state index in [4.69, 9.17) is 14.2 Å². The third-order valence-electron chi connectivity index (χ3n) is 5.46. The minimum atomic E-state index is -0.441. The molecule has 1 aliphatic rings. The Balaban J connectivity index is 1.88. The maximum absolute atomic E-state index is 13.5. The second-order valence-electron chi connectivity index (χ2n) is 7.22. The Morgan fingerprint density at radius 2 is 1.87 bits per heavy atom. The molecule has 2 heterocycles. The molecule has 0 radical (unpaired) electrons. The summed E-state index contributed by atoms with van der Waals surface area (Å²) in [6.45, 7) is 1.02. The van der Waals surface area contributed by atoms with Crippen molar-refractivity contribution in [2.75, 3.05) is 34.5 Å². The first kappa shape index (κ1) is 20.9. The number of ether oxygens (including phenoxy) is 3. The van der Waals surface area contributed by atoms with E-state index in [9.17, 15) is 9.18 Å². The summed E-state index contributed by atoms with van der Waals surface area (Å²) in [6.07, 6.45) is 0.675. The molecular weight excluding hydrogens is 401 g/mol. The van der Waals surface area contributed by atoms with Gasteiger partial charge in [0, 0.05) is 37.0 Å². The maximum atomic E-state index is 13.5. The fourth-order valence-electron chi connectivity index (χ4n) is 4.01. The summed E-state index contributed by atoms with van der Waals surface area (Å²) in [5.41, 5.74) is 3.27. The lowest BCUT2D eigenvalue weighted by atomic mass is 9.95. The summed E-state index contributed by atoms with van der Waals surface area (Å²) in [5.74, 6) is 0.802. The van der Waals surface area contributed by atoms with E-state index in [1.165, 1.54) is 12.1 Å². The van der Waals surface area contributed by atoms with Gasteiger partial charge in [-0.3, -0.25) is 9.89 Å². The van der Waals surface area contributed by atoms with E-state index in [1.54, 1.807) is 38.4 Å². The molecule has 0 aliphatic carbocycles. The van der Waals surface area contributed by atoms with Crippen LogP contribution in [0, 0.1) is 5.82 Å². The number of fused-ring (bicyclic) bond motifs is 1. The zero-order chi connectivity index (χ0) is 22.0. The van der Waals surface area contributed by atoms with E-state index < -0.39 is 6.04 Å². The normalized spacial score (nSPS) is 15.3. The molecular formula is C23H24FN3O4. The molecule has 7 nitrogen and oxygen atoms in total. The van der Waals surface area contributed by atoms with Crippen molar-refractivity contribution < 1.29 is 23.4 Å². The van der Waals surface area contributed by atoms with Gasteiger partial charge in [0.2, 0.25) is 0 Å². The fraction of sp³-hybridized carbons (Fsp3) is 0.304. The van der Waals surface area contributed by atoms with Crippen LogP contribution in [0.3, 0.4) is 0 Å². The third-order valence-corrected chi connectivity index (χ3v) is 5.46. The number of hydrogen-bond donors (Lipinski definition) is 1. The topological polar surface area (TPSA) is 76.7 Å². The largest absolute Gasteiger partial charge is 0.497 e. The molecule has 2 aromatic carbocycles. The van der Waals surface area contributed by atoms with Crippen LogP contribution < -0.4 is 9.47 Å². The van der Waals surface area contributed by atoms with Gasteiger partial charge >= 0.3 is 0 Å². The molecule has 1 atom stereocenters. The van der Waals surface area contributed by atoms with Crippen LogP contribution in [0.2, 0.25) is 0 Å². The van der Waals surface area contributed by atoms with Crippen LogP contribution in [0.1, 0.15) is 34.1 Å². The zero-order valence-electron chi connectivity index (χ0n) is 17.6. The third kappa shape index (κ3) is 3.74. The van der Waals surface area contributed by atoms with Crippen molar-refractivity contribution in [3.05, 3.63) is 65.1 Å². The molecule has 1 aliphatic heterocycles. The number of aromatic amines is 1. The number of amides is 1. The molecule has 0 bridgehead atoms. The predicted octanol–water partition coefficient (Wildman–Crippen LogP) is 3.81. The zero-order valence-corrected chi connectivity index (χ0v) is 17.6. The summed E-state index contributed by atoms with van der Waals surface area (Å²) < 4.78 is 29.7. The van der Waals surface area contributed by atoms with Crippen LogP contribution in [0.15, 0.2) is 42.5 Å². The Morgan fingerprint density at radius 3 is 2.55 bits per heavy atom. The van der Waals surface area contributed by atoms with Crippen LogP contribution in [0.4, 0.5) is 4.39 Å². The number of halogens is 1. The van der Waals surface area contributed by atoms with Crippen LogP contribution >= 0.6 is 0 Å². The predicted molar refractivity (Wildman–Crippen MR) is 113 cm³/mol. The molecule has 1 unspecified atom stereocenters. The second-order valence-corrected chi connectivity index (χ2v) is 7.22. The number of nitrogens with one attached hydrogen (secondary N) is 1. The number of methoxy groups -OCH3 is 3. The lowest BCUT2D eigenvalue weighted by Crippen LogP contribution is -2.31. The van der Waals surface area contributed by atoms with Crippen LogP contribution in [-0.4, -0.2) is 55.5 Å². The Hall–Kier alpha value is -3.39. The van der Waals surface area contributed by atoms with E-state index in [0.717, 1.165) is 16.7 Å². The number of benzene rings is 2. The Bertz CT molecular complexity index is 1080. The molecule has 1 aromatic heterocycles. The van der Waals surface area contributed by atoms with Crippen molar-refractivity contribution >= 4 is 5.91 Å². The number of aromatic nitrogens is 2. The average Bonchev–Trinajstić information content (AvgIpc) is 3.33. The number of H-pyrrole nitrogens is 1. The van der Waals surface area contributed by atoms with Crippen LogP contribution in [-0.2, 0) is 4.74 Å². The standard InChI is InChI=1S/C23H24FN3O4/c1-29-12-4-11-27-22(17-13-16(30-2)9-10-18(17)31-3)19-20(25-26-21(19)23(27)28)14-5-7-15(24)8-6-14/h5-10,13,22H,4,11-12H2,1-3H3,(H,25,26). The van der Waals surface area contributed by atoms with Crippen molar-refractivity contribution in [3.8, 4) is 22.8 Å². The molecule has 3 aromatic rings. The van der Waals surface area contributed by atoms with Crippen molar-refractivity contribution in [2.24, 2.45) is 0 Å². The SMILES string of the molecule is COCCCN1C(=O)c2[nH]nc(-c3ccc(F)cc3)c2C1c1cc(OC)ccc1OC. The quantitative estimate of drug-likeness (QED) is 0.556. The Labute approximate surface area is 179 Å². The van der Waals surface area contributed by atoms with E-state index in [1.807, 2.05) is 18.2 Å². The Kier molecular flexibility index (Phi) is 5.90. The summed E-state index contributed by atoms with van der Waals surface area (Å²) in [4.78, 5) is 15.1. The first-order chi connectivity index (χ1) is 15.1. The fourth-order valence-corrected chi connectivity index (χ4v) is 4.01. The Morgan fingerprint density at radius 1 is 1.10 bits per heavy atom. The van der Waals surface area contributed by atoms with E-state index >= 15 is 0 Å². The van der Waals surface area contributed by atoms with Gasteiger partial charge in [0.25, 0.3) is 5.91 Å². The molecule has 4 rings (SSSR count). The highest BCUT2D eigenvalue weighted by Gasteiger charge is 2.43. The minimum absolute atomic E-state index is 0.151. The lowest BCUT2D eigenvalue weighted by Gasteiger charge is -2.27. The van der Waals surface area contributed by atoms with Crippen molar-refractivity contribution in [1.29, 1.82) is 0 Å². The van der Waals surface area contributed by atoms with E-state index in [2.05, 4.69) is 10.2 Å². The number of rotatable bonds is 8. The average molecular weight is 425 g/mol. The van der Waals surface area contributed by atoms with Crippen molar-refractivity contribution in [2.45, 2.75) is 12.5 Å². The summed E-state index contributed by atoms with van der Waals surface area (Å²) >= 11 is 0.